The van der Waals surface area contributed by atoms with Gasteiger partial charge in [0.05, 0.1) is 19.1 Å². The predicted octanol–water partition coefficient (Wildman–Crippen LogP) is 0.750. The second-order valence-corrected chi connectivity index (χ2v) is 4.16. The van der Waals surface area contributed by atoms with Crippen molar-refractivity contribution in [2.24, 2.45) is 11.7 Å². The van der Waals surface area contributed by atoms with Crippen LogP contribution in [0.1, 0.15) is 26.2 Å². The van der Waals surface area contributed by atoms with Crippen molar-refractivity contribution in [3.8, 4) is 6.07 Å². The lowest BCUT2D eigenvalue weighted by atomic mass is 10.1. The zero-order valence-electron chi connectivity index (χ0n) is 10.8. The fourth-order valence-corrected chi connectivity index (χ4v) is 1.39. The van der Waals surface area contributed by atoms with Crippen molar-refractivity contribution >= 4 is 5.91 Å². The molecule has 5 heteroatoms. The fraction of sp³-hybridized carbons (Fsp3) is 0.833. The molecule has 0 saturated heterocycles. The van der Waals surface area contributed by atoms with Gasteiger partial charge in [-0.3, -0.25) is 4.79 Å². The Balaban J connectivity index is 4.07. The number of rotatable bonds is 9. The zero-order valence-corrected chi connectivity index (χ0v) is 10.8. The SMILES string of the molecule is COCCN(CCC#N)C(=O)CCC(C)CN. The van der Waals surface area contributed by atoms with Gasteiger partial charge in [0.2, 0.25) is 5.91 Å². The lowest BCUT2D eigenvalue weighted by Crippen LogP contribution is -2.35. The van der Waals surface area contributed by atoms with Gasteiger partial charge in [0, 0.05) is 26.6 Å². The highest BCUT2D eigenvalue weighted by atomic mass is 16.5. The molecular weight excluding hydrogens is 218 g/mol. The Morgan fingerprint density at radius 1 is 1.53 bits per heavy atom. The minimum absolute atomic E-state index is 0.0811. The van der Waals surface area contributed by atoms with Crippen LogP contribution in [0.2, 0.25) is 0 Å². The predicted molar refractivity (Wildman–Crippen MR) is 66.1 cm³/mol. The molecule has 1 amide bonds. The first-order chi connectivity index (χ1) is 8.15. The van der Waals surface area contributed by atoms with Gasteiger partial charge in [0.15, 0.2) is 0 Å². The second kappa shape index (κ2) is 10.1. The average Bonchev–Trinajstić information content (AvgIpc) is 2.35. The smallest absolute Gasteiger partial charge is 0.222 e. The minimum Gasteiger partial charge on any atom is -0.383 e. The Kier molecular flexibility index (Phi) is 9.40. The summed E-state index contributed by atoms with van der Waals surface area (Å²) in [6.07, 6.45) is 1.65. The van der Waals surface area contributed by atoms with Crippen LogP contribution in [0.4, 0.5) is 0 Å². The van der Waals surface area contributed by atoms with E-state index in [4.69, 9.17) is 15.7 Å². The molecule has 0 aromatic heterocycles. The number of nitrogens with zero attached hydrogens (tertiary/aromatic N) is 2. The average molecular weight is 241 g/mol. The molecule has 0 aliphatic heterocycles. The van der Waals surface area contributed by atoms with Crippen molar-refractivity contribution in [1.29, 1.82) is 5.26 Å². The van der Waals surface area contributed by atoms with E-state index in [-0.39, 0.29) is 5.91 Å². The highest BCUT2D eigenvalue weighted by Crippen LogP contribution is 2.06. The molecule has 1 atom stereocenters. The molecule has 0 bridgehead atoms. The molecule has 0 aromatic carbocycles. The van der Waals surface area contributed by atoms with Gasteiger partial charge in [-0.15, -0.1) is 0 Å². The molecule has 0 spiro atoms. The summed E-state index contributed by atoms with van der Waals surface area (Å²) in [5, 5.41) is 8.54. The first-order valence-electron chi connectivity index (χ1n) is 5.99. The Morgan fingerprint density at radius 3 is 2.76 bits per heavy atom. The molecule has 0 saturated carbocycles. The summed E-state index contributed by atoms with van der Waals surface area (Å²) < 4.78 is 4.95. The summed E-state index contributed by atoms with van der Waals surface area (Å²) >= 11 is 0. The number of carbonyl (C=O) groups is 1. The number of nitriles is 1. The standard InChI is InChI=1S/C12H23N3O2/c1-11(10-14)4-5-12(16)15(7-3-6-13)8-9-17-2/h11H,3-5,7-10,14H2,1-2H3. The fourth-order valence-electron chi connectivity index (χ4n) is 1.39. The van der Waals surface area contributed by atoms with Crippen molar-refractivity contribution in [1.82, 2.24) is 4.90 Å². The maximum Gasteiger partial charge on any atom is 0.222 e. The van der Waals surface area contributed by atoms with Gasteiger partial charge >= 0.3 is 0 Å². The van der Waals surface area contributed by atoms with Crippen LogP contribution >= 0.6 is 0 Å². The van der Waals surface area contributed by atoms with E-state index in [2.05, 4.69) is 6.07 Å². The molecule has 0 radical (unpaired) electrons. The molecule has 5 nitrogen and oxygen atoms in total. The molecule has 0 rings (SSSR count). The van der Waals surface area contributed by atoms with E-state index < -0.39 is 0 Å². The third kappa shape index (κ3) is 7.72. The monoisotopic (exact) mass is 241 g/mol. The van der Waals surface area contributed by atoms with Crippen LogP contribution in [0.25, 0.3) is 0 Å². The van der Waals surface area contributed by atoms with Gasteiger partial charge in [-0.05, 0) is 18.9 Å². The van der Waals surface area contributed by atoms with E-state index in [0.717, 1.165) is 6.42 Å². The van der Waals surface area contributed by atoms with Crippen molar-refractivity contribution in [3.05, 3.63) is 0 Å². The van der Waals surface area contributed by atoms with Crippen LogP contribution in [0, 0.1) is 17.2 Å². The molecule has 17 heavy (non-hydrogen) atoms. The molecule has 0 heterocycles. The number of hydrogen-bond donors (Lipinski definition) is 1. The summed E-state index contributed by atoms with van der Waals surface area (Å²) in [5.74, 6) is 0.441. The van der Waals surface area contributed by atoms with E-state index in [9.17, 15) is 4.79 Å². The Labute approximate surface area is 104 Å². The first kappa shape index (κ1) is 15.9. The first-order valence-corrected chi connectivity index (χ1v) is 5.99. The Hall–Kier alpha value is -1.12. The minimum atomic E-state index is 0.0811. The summed E-state index contributed by atoms with van der Waals surface area (Å²) in [5.41, 5.74) is 5.51. The third-order valence-corrected chi connectivity index (χ3v) is 2.66. The molecule has 1 unspecified atom stereocenters. The van der Waals surface area contributed by atoms with Gasteiger partial charge in [0.25, 0.3) is 0 Å². The number of carbonyl (C=O) groups excluding carboxylic acids is 1. The number of hydrogen-bond acceptors (Lipinski definition) is 4. The number of ether oxygens (including phenoxy) is 1. The topological polar surface area (TPSA) is 79.3 Å². The summed E-state index contributed by atoms with van der Waals surface area (Å²) in [7, 11) is 1.60. The van der Waals surface area contributed by atoms with Gasteiger partial charge < -0.3 is 15.4 Å². The van der Waals surface area contributed by atoms with Gasteiger partial charge in [-0.2, -0.15) is 5.26 Å². The second-order valence-electron chi connectivity index (χ2n) is 4.16. The number of methoxy groups -OCH3 is 1. The van der Waals surface area contributed by atoms with E-state index in [1.165, 1.54) is 0 Å². The summed E-state index contributed by atoms with van der Waals surface area (Å²) in [6.45, 7) is 4.17. The molecule has 0 aliphatic carbocycles. The molecule has 0 aliphatic rings. The van der Waals surface area contributed by atoms with Crippen LogP contribution in [0.5, 0.6) is 0 Å². The van der Waals surface area contributed by atoms with E-state index in [1.807, 2.05) is 6.92 Å². The third-order valence-electron chi connectivity index (χ3n) is 2.66. The van der Waals surface area contributed by atoms with Crippen LogP contribution in [-0.4, -0.2) is 44.2 Å². The van der Waals surface area contributed by atoms with Crippen LogP contribution < -0.4 is 5.73 Å². The molecule has 0 fully saturated rings. The van der Waals surface area contributed by atoms with Crippen LogP contribution in [-0.2, 0) is 9.53 Å². The molecular formula is C12H23N3O2. The van der Waals surface area contributed by atoms with E-state index in [0.29, 0.717) is 45.0 Å². The Morgan fingerprint density at radius 2 is 2.24 bits per heavy atom. The quantitative estimate of drug-likeness (QED) is 0.646. The zero-order chi connectivity index (χ0) is 13.1. The van der Waals surface area contributed by atoms with Crippen molar-refractivity contribution in [2.75, 3.05) is 33.4 Å². The van der Waals surface area contributed by atoms with E-state index in [1.54, 1.807) is 12.0 Å². The number of amides is 1. The van der Waals surface area contributed by atoms with Crippen molar-refractivity contribution < 1.29 is 9.53 Å². The lowest BCUT2D eigenvalue weighted by molar-refractivity contribution is -0.132. The largest absolute Gasteiger partial charge is 0.383 e. The number of nitrogens with two attached hydrogens (primary N) is 1. The summed E-state index contributed by atoms with van der Waals surface area (Å²) in [6, 6.07) is 2.05. The van der Waals surface area contributed by atoms with E-state index >= 15 is 0 Å². The van der Waals surface area contributed by atoms with Crippen molar-refractivity contribution in [3.63, 3.8) is 0 Å². The van der Waals surface area contributed by atoms with Crippen LogP contribution in [0.15, 0.2) is 0 Å². The van der Waals surface area contributed by atoms with Crippen molar-refractivity contribution in [2.45, 2.75) is 26.2 Å². The maximum atomic E-state index is 11.9. The highest BCUT2D eigenvalue weighted by molar-refractivity contribution is 5.76. The Bertz CT molecular complexity index is 251. The normalized spacial score (nSPS) is 11.9. The highest BCUT2D eigenvalue weighted by Gasteiger charge is 2.13. The van der Waals surface area contributed by atoms with Crippen LogP contribution in [0.3, 0.4) is 0 Å². The summed E-state index contributed by atoms with van der Waals surface area (Å²) in [4.78, 5) is 13.6. The van der Waals surface area contributed by atoms with Gasteiger partial charge in [0.1, 0.15) is 0 Å². The molecule has 2 N–H and O–H groups in total. The van der Waals surface area contributed by atoms with Gasteiger partial charge in [-0.1, -0.05) is 6.92 Å². The maximum absolute atomic E-state index is 11.9. The molecule has 0 aromatic rings. The molecule has 98 valence electrons. The van der Waals surface area contributed by atoms with Gasteiger partial charge in [-0.25, -0.2) is 0 Å². The lowest BCUT2D eigenvalue weighted by Gasteiger charge is -2.21.